The van der Waals surface area contributed by atoms with E-state index in [4.69, 9.17) is 9.47 Å². The molecule has 1 aromatic heterocycles. The molecule has 29 heavy (non-hydrogen) atoms. The Morgan fingerprint density at radius 3 is 2.76 bits per heavy atom. The molecule has 1 aliphatic rings. The fourth-order valence-electron chi connectivity index (χ4n) is 3.00. The summed E-state index contributed by atoms with van der Waals surface area (Å²) in [6.45, 7) is 5.44. The van der Waals surface area contributed by atoms with Gasteiger partial charge in [0.1, 0.15) is 12.2 Å². The molecule has 0 amide bonds. The van der Waals surface area contributed by atoms with Gasteiger partial charge < -0.3 is 19.7 Å². The quantitative estimate of drug-likeness (QED) is 0.240. The fraction of sp³-hybridized carbons (Fsp3) is 0.684. The number of alkyl halides is 3. The molecular weight excluding hydrogens is 500 g/mol. The first-order valence-electron chi connectivity index (χ1n) is 9.64. The topological polar surface area (TPSA) is 59.0 Å². The number of hydrogen-bond donors (Lipinski definition) is 1. The molecule has 0 aromatic carbocycles. The van der Waals surface area contributed by atoms with Gasteiger partial charge in [-0.15, -0.1) is 24.0 Å². The predicted octanol–water partition coefficient (Wildman–Crippen LogP) is 3.81. The van der Waals surface area contributed by atoms with Crippen LogP contribution in [0, 0.1) is 5.92 Å². The van der Waals surface area contributed by atoms with Crippen molar-refractivity contribution in [2.24, 2.45) is 10.9 Å². The van der Waals surface area contributed by atoms with E-state index in [0.717, 1.165) is 51.0 Å². The third-order valence-corrected chi connectivity index (χ3v) is 4.58. The lowest BCUT2D eigenvalue weighted by molar-refractivity contribution is -0.139. The molecule has 1 fully saturated rings. The average molecular weight is 530 g/mol. The number of hydrogen-bond acceptors (Lipinski definition) is 4. The predicted molar refractivity (Wildman–Crippen MR) is 117 cm³/mol. The Kier molecular flexibility index (Phi) is 11.6. The normalized spacial score (nSPS) is 15.6. The second-order valence-corrected chi connectivity index (χ2v) is 6.70. The van der Waals surface area contributed by atoms with E-state index in [-0.39, 0.29) is 37.1 Å². The Balaban J connectivity index is 0.00000420. The average Bonchev–Trinajstić information content (AvgIpc) is 2.69. The minimum absolute atomic E-state index is 0. The lowest BCUT2D eigenvalue weighted by Gasteiger charge is -2.26. The summed E-state index contributed by atoms with van der Waals surface area (Å²) in [6.07, 6.45) is 0.0137. The number of aromatic nitrogens is 1. The van der Waals surface area contributed by atoms with Crippen molar-refractivity contribution in [1.82, 2.24) is 15.2 Å². The standard InChI is InChI=1S/C19H29F3N4O2.HI/c1-3-23-18(26(2)11-6-15-7-12-27-13-8-15)25-10-14-28-17-16(19(20,21)22)5-4-9-24-17;/h4-5,9,15H,3,6-8,10-14H2,1-2H3,(H,23,25);1H. The van der Waals surface area contributed by atoms with Gasteiger partial charge in [0, 0.05) is 39.5 Å². The van der Waals surface area contributed by atoms with Crippen molar-refractivity contribution in [2.45, 2.75) is 32.4 Å². The minimum Gasteiger partial charge on any atom is -0.475 e. The van der Waals surface area contributed by atoms with E-state index in [2.05, 4.69) is 15.3 Å². The van der Waals surface area contributed by atoms with Gasteiger partial charge in [0.25, 0.3) is 0 Å². The van der Waals surface area contributed by atoms with Gasteiger partial charge in [0.15, 0.2) is 5.96 Å². The van der Waals surface area contributed by atoms with E-state index in [1.54, 1.807) is 0 Å². The van der Waals surface area contributed by atoms with E-state index in [9.17, 15) is 13.2 Å². The number of guanidine groups is 1. The molecule has 2 heterocycles. The maximum absolute atomic E-state index is 13.0. The van der Waals surface area contributed by atoms with Crippen LogP contribution in [0.3, 0.4) is 0 Å². The molecule has 0 saturated carbocycles. The zero-order chi connectivity index (χ0) is 20.4. The summed E-state index contributed by atoms with van der Waals surface area (Å²) in [5, 5.41) is 3.20. The summed E-state index contributed by atoms with van der Waals surface area (Å²) in [7, 11) is 1.96. The van der Waals surface area contributed by atoms with E-state index in [1.165, 1.54) is 12.3 Å². The maximum Gasteiger partial charge on any atom is 0.421 e. The minimum atomic E-state index is -4.49. The van der Waals surface area contributed by atoms with E-state index >= 15 is 0 Å². The Morgan fingerprint density at radius 1 is 1.38 bits per heavy atom. The van der Waals surface area contributed by atoms with Crippen molar-refractivity contribution < 1.29 is 22.6 Å². The van der Waals surface area contributed by atoms with Gasteiger partial charge in [-0.25, -0.2) is 9.98 Å². The molecule has 2 rings (SSSR count). The molecule has 0 aliphatic carbocycles. The monoisotopic (exact) mass is 530 g/mol. The van der Waals surface area contributed by atoms with Crippen LogP contribution in [0.25, 0.3) is 0 Å². The van der Waals surface area contributed by atoms with E-state index < -0.39 is 17.6 Å². The largest absolute Gasteiger partial charge is 0.475 e. The first kappa shape index (κ1) is 25.7. The second kappa shape index (κ2) is 13.1. The van der Waals surface area contributed by atoms with Crippen molar-refractivity contribution >= 4 is 29.9 Å². The molecule has 1 aromatic rings. The molecule has 0 bridgehead atoms. The zero-order valence-corrected chi connectivity index (χ0v) is 19.2. The van der Waals surface area contributed by atoms with Gasteiger partial charge in [-0.2, -0.15) is 13.2 Å². The van der Waals surface area contributed by atoms with Crippen LogP contribution in [0.1, 0.15) is 31.7 Å². The highest BCUT2D eigenvalue weighted by Crippen LogP contribution is 2.34. The molecule has 0 radical (unpaired) electrons. The Bertz CT molecular complexity index is 626. The van der Waals surface area contributed by atoms with Crippen LogP contribution in [-0.2, 0) is 10.9 Å². The molecule has 1 saturated heterocycles. The summed E-state index contributed by atoms with van der Waals surface area (Å²) >= 11 is 0. The van der Waals surface area contributed by atoms with Gasteiger partial charge in [-0.1, -0.05) is 0 Å². The first-order valence-corrected chi connectivity index (χ1v) is 9.64. The molecule has 166 valence electrons. The highest BCUT2D eigenvalue weighted by molar-refractivity contribution is 14.0. The van der Waals surface area contributed by atoms with Gasteiger partial charge in [0.05, 0.1) is 6.54 Å². The number of rotatable bonds is 8. The Hall–Kier alpha value is -1.30. The van der Waals surface area contributed by atoms with Crippen molar-refractivity contribution in [3.05, 3.63) is 23.9 Å². The third-order valence-electron chi connectivity index (χ3n) is 4.58. The van der Waals surface area contributed by atoms with Crippen LogP contribution in [0.2, 0.25) is 0 Å². The van der Waals surface area contributed by atoms with Gasteiger partial charge in [-0.3, -0.25) is 0 Å². The van der Waals surface area contributed by atoms with Crippen molar-refractivity contribution in [1.29, 1.82) is 0 Å². The molecule has 1 N–H and O–H groups in total. The molecule has 1 aliphatic heterocycles. The van der Waals surface area contributed by atoms with Crippen LogP contribution in [0.4, 0.5) is 13.2 Å². The van der Waals surface area contributed by atoms with Crippen LogP contribution in [0.15, 0.2) is 23.3 Å². The van der Waals surface area contributed by atoms with E-state index in [0.29, 0.717) is 12.5 Å². The van der Waals surface area contributed by atoms with Crippen molar-refractivity contribution in [2.75, 3.05) is 46.5 Å². The van der Waals surface area contributed by atoms with Crippen LogP contribution in [0.5, 0.6) is 5.88 Å². The first-order chi connectivity index (χ1) is 13.4. The maximum atomic E-state index is 13.0. The lowest BCUT2D eigenvalue weighted by Crippen LogP contribution is -2.40. The number of aliphatic imine (C=N–C) groups is 1. The molecule has 0 atom stereocenters. The van der Waals surface area contributed by atoms with Crippen molar-refractivity contribution in [3.63, 3.8) is 0 Å². The van der Waals surface area contributed by atoms with E-state index in [1.807, 2.05) is 18.9 Å². The summed E-state index contributed by atoms with van der Waals surface area (Å²) in [6, 6.07) is 2.20. The molecule has 0 unspecified atom stereocenters. The highest BCUT2D eigenvalue weighted by Gasteiger charge is 2.35. The molecular formula is C19H30F3IN4O2. The molecule has 0 spiro atoms. The van der Waals surface area contributed by atoms with Crippen LogP contribution in [-0.4, -0.2) is 62.3 Å². The van der Waals surface area contributed by atoms with Gasteiger partial charge in [-0.05, 0) is 44.2 Å². The number of halogens is 4. The number of nitrogens with one attached hydrogen (secondary N) is 1. The van der Waals surface area contributed by atoms with Gasteiger partial charge >= 0.3 is 6.18 Å². The Morgan fingerprint density at radius 2 is 2.10 bits per heavy atom. The zero-order valence-electron chi connectivity index (χ0n) is 16.9. The van der Waals surface area contributed by atoms with Crippen LogP contribution >= 0.6 is 24.0 Å². The number of pyridine rings is 1. The summed E-state index contributed by atoms with van der Waals surface area (Å²) in [5.41, 5.74) is -0.875. The smallest absolute Gasteiger partial charge is 0.421 e. The summed E-state index contributed by atoms with van der Waals surface area (Å²) in [4.78, 5) is 10.2. The second-order valence-electron chi connectivity index (χ2n) is 6.70. The highest BCUT2D eigenvalue weighted by atomic mass is 127. The molecule has 6 nitrogen and oxygen atoms in total. The van der Waals surface area contributed by atoms with Crippen molar-refractivity contribution in [3.8, 4) is 5.88 Å². The SMILES string of the molecule is CCNC(=NCCOc1ncccc1C(F)(F)F)N(C)CCC1CCOCC1.I. The number of ether oxygens (including phenoxy) is 2. The van der Waals surface area contributed by atoms with Crippen LogP contribution < -0.4 is 10.1 Å². The fourth-order valence-corrected chi connectivity index (χ4v) is 3.00. The summed E-state index contributed by atoms with van der Waals surface area (Å²) in [5.74, 6) is 0.964. The Labute approximate surface area is 187 Å². The number of nitrogens with zero attached hydrogens (tertiary/aromatic N) is 3. The van der Waals surface area contributed by atoms with Gasteiger partial charge in [0.2, 0.25) is 5.88 Å². The third kappa shape index (κ3) is 8.93. The lowest BCUT2D eigenvalue weighted by atomic mass is 9.96. The summed E-state index contributed by atoms with van der Waals surface area (Å²) < 4.78 is 49.5. The molecule has 10 heteroatoms.